The van der Waals surface area contributed by atoms with Crippen LogP contribution in [-0.4, -0.2) is 24.2 Å². The van der Waals surface area contributed by atoms with Gasteiger partial charge in [0.25, 0.3) is 0 Å². The lowest BCUT2D eigenvalue weighted by Gasteiger charge is -2.06. The van der Waals surface area contributed by atoms with Crippen LogP contribution in [0.5, 0.6) is 0 Å². The molecule has 4 heteroatoms. The maximum atomic E-state index is 11.0. The number of furan rings is 1. The molecular formula is C11H14O3S. The maximum Gasteiger partial charge on any atom is 0.194 e. The Morgan fingerprint density at radius 3 is 3.07 bits per heavy atom. The first-order chi connectivity index (χ1) is 7.25. The molecule has 0 aliphatic carbocycles. The third kappa shape index (κ3) is 2.86. The average Bonchev–Trinajstić information content (AvgIpc) is 2.86. The van der Waals surface area contributed by atoms with Gasteiger partial charge in [-0.05, 0) is 25.0 Å². The highest BCUT2D eigenvalue weighted by Gasteiger charge is 2.16. The van der Waals surface area contributed by atoms with Crippen molar-refractivity contribution in [1.29, 1.82) is 0 Å². The van der Waals surface area contributed by atoms with Crippen molar-refractivity contribution >= 4 is 17.5 Å². The minimum Gasteiger partial charge on any atom is -0.447 e. The van der Waals surface area contributed by atoms with E-state index in [0.29, 0.717) is 11.9 Å². The second-order valence-electron chi connectivity index (χ2n) is 3.62. The van der Waals surface area contributed by atoms with Crippen LogP contribution in [-0.2, 0) is 4.74 Å². The highest BCUT2D eigenvalue weighted by atomic mass is 32.2. The molecule has 1 saturated heterocycles. The summed E-state index contributed by atoms with van der Waals surface area (Å²) < 4.78 is 10.9. The molecule has 0 spiro atoms. The molecule has 0 radical (unpaired) electrons. The van der Waals surface area contributed by atoms with E-state index in [1.165, 1.54) is 6.92 Å². The van der Waals surface area contributed by atoms with Crippen LogP contribution >= 0.6 is 11.8 Å². The highest BCUT2D eigenvalue weighted by Crippen LogP contribution is 2.25. The summed E-state index contributed by atoms with van der Waals surface area (Å²) in [6.45, 7) is 2.38. The Kier molecular flexibility index (Phi) is 3.49. The molecule has 15 heavy (non-hydrogen) atoms. The van der Waals surface area contributed by atoms with Crippen molar-refractivity contribution in [2.45, 2.75) is 31.0 Å². The molecule has 0 bridgehead atoms. The van der Waals surface area contributed by atoms with Crippen LogP contribution in [0.4, 0.5) is 0 Å². The predicted molar refractivity (Wildman–Crippen MR) is 58.4 cm³/mol. The minimum atomic E-state index is -0.0287. The van der Waals surface area contributed by atoms with Crippen LogP contribution in [0.2, 0.25) is 0 Å². The fourth-order valence-electron chi connectivity index (χ4n) is 1.54. The summed E-state index contributed by atoms with van der Waals surface area (Å²) in [5, 5.41) is 0.802. The zero-order valence-electron chi connectivity index (χ0n) is 8.69. The molecule has 1 fully saturated rings. The van der Waals surface area contributed by atoms with Crippen LogP contribution in [0.25, 0.3) is 0 Å². The summed E-state index contributed by atoms with van der Waals surface area (Å²) in [6, 6.07) is 3.57. The number of carbonyl (C=O) groups excluding carboxylic acids is 1. The number of hydrogen-bond donors (Lipinski definition) is 0. The number of ketones is 1. The lowest BCUT2D eigenvalue weighted by Crippen LogP contribution is -2.07. The second kappa shape index (κ2) is 4.86. The first kappa shape index (κ1) is 10.8. The summed E-state index contributed by atoms with van der Waals surface area (Å²) in [6.07, 6.45) is 2.64. The SMILES string of the molecule is CC(=O)c1ccc(SCC2CCCO2)o1. The summed E-state index contributed by atoms with van der Waals surface area (Å²) in [4.78, 5) is 11.0. The van der Waals surface area contributed by atoms with Crippen LogP contribution < -0.4 is 0 Å². The maximum absolute atomic E-state index is 11.0. The van der Waals surface area contributed by atoms with Gasteiger partial charge in [-0.3, -0.25) is 4.79 Å². The number of thioether (sulfide) groups is 1. The van der Waals surface area contributed by atoms with Crippen molar-refractivity contribution in [3.8, 4) is 0 Å². The second-order valence-corrected chi connectivity index (χ2v) is 4.65. The molecule has 82 valence electrons. The van der Waals surface area contributed by atoms with Crippen LogP contribution in [0.15, 0.2) is 21.6 Å². The van der Waals surface area contributed by atoms with Gasteiger partial charge in [-0.2, -0.15) is 0 Å². The van der Waals surface area contributed by atoms with Gasteiger partial charge in [0.05, 0.1) is 6.10 Å². The van der Waals surface area contributed by atoms with Crippen molar-refractivity contribution in [3.05, 3.63) is 17.9 Å². The Balaban J connectivity index is 1.84. The molecule has 0 amide bonds. The Labute approximate surface area is 93.2 Å². The molecule has 0 N–H and O–H groups in total. The van der Waals surface area contributed by atoms with Crippen molar-refractivity contribution < 1.29 is 13.9 Å². The van der Waals surface area contributed by atoms with Gasteiger partial charge in [0.1, 0.15) is 0 Å². The topological polar surface area (TPSA) is 39.4 Å². The van der Waals surface area contributed by atoms with Gasteiger partial charge in [-0.25, -0.2) is 0 Å². The van der Waals surface area contributed by atoms with Gasteiger partial charge in [-0.1, -0.05) is 11.8 Å². The van der Waals surface area contributed by atoms with Gasteiger partial charge >= 0.3 is 0 Å². The van der Waals surface area contributed by atoms with Crippen molar-refractivity contribution in [2.75, 3.05) is 12.4 Å². The fraction of sp³-hybridized carbons (Fsp3) is 0.545. The zero-order valence-corrected chi connectivity index (χ0v) is 9.51. The largest absolute Gasteiger partial charge is 0.447 e. The monoisotopic (exact) mass is 226 g/mol. The summed E-state index contributed by atoms with van der Waals surface area (Å²) in [5.41, 5.74) is 0. The van der Waals surface area contributed by atoms with Crippen molar-refractivity contribution in [3.63, 3.8) is 0 Å². The van der Waals surface area contributed by atoms with Gasteiger partial charge in [-0.15, -0.1) is 0 Å². The summed E-state index contributed by atoms with van der Waals surface area (Å²) in [7, 11) is 0. The number of rotatable bonds is 4. The highest BCUT2D eigenvalue weighted by molar-refractivity contribution is 7.99. The van der Waals surface area contributed by atoms with Crippen LogP contribution in [0, 0.1) is 0 Å². The summed E-state index contributed by atoms with van der Waals surface area (Å²) in [5.74, 6) is 1.31. The fourth-order valence-corrected chi connectivity index (χ4v) is 2.46. The smallest absolute Gasteiger partial charge is 0.194 e. The molecule has 3 nitrogen and oxygen atoms in total. The Bertz CT molecular complexity index is 339. The number of hydrogen-bond acceptors (Lipinski definition) is 4. The number of carbonyl (C=O) groups is 1. The molecule has 2 rings (SSSR count). The van der Waals surface area contributed by atoms with E-state index in [1.807, 2.05) is 6.07 Å². The van der Waals surface area contributed by atoms with Crippen LogP contribution in [0.3, 0.4) is 0 Å². The third-order valence-electron chi connectivity index (χ3n) is 2.36. The molecule has 1 aromatic rings. The average molecular weight is 226 g/mol. The molecule has 0 aromatic carbocycles. The lowest BCUT2D eigenvalue weighted by atomic mass is 10.3. The van der Waals surface area contributed by atoms with E-state index >= 15 is 0 Å². The van der Waals surface area contributed by atoms with Crippen LogP contribution in [0.1, 0.15) is 30.3 Å². The van der Waals surface area contributed by atoms with E-state index in [0.717, 1.165) is 30.3 Å². The predicted octanol–water partition coefficient (Wildman–Crippen LogP) is 2.75. The molecule has 1 unspecified atom stereocenters. The molecular weight excluding hydrogens is 212 g/mol. The third-order valence-corrected chi connectivity index (χ3v) is 3.41. The zero-order chi connectivity index (χ0) is 10.7. The Hall–Kier alpha value is -0.740. The molecule has 1 atom stereocenters. The van der Waals surface area contributed by atoms with E-state index in [4.69, 9.17) is 9.15 Å². The molecule has 1 aliphatic heterocycles. The lowest BCUT2D eigenvalue weighted by molar-refractivity contribution is 0.0982. The van der Waals surface area contributed by atoms with E-state index < -0.39 is 0 Å². The first-order valence-corrected chi connectivity index (χ1v) is 6.09. The normalized spacial score (nSPS) is 20.7. The quantitative estimate of drug-likeness (QED) is 0.584. The van der Waals surface area contributed by atoms with E-state index in [1.54, 1.807) is 17.8 Å². The van der Waals surface area contributed by atoms with Gasteiger partial charge in [0.2, 0.25) is 0 Å². The molecule has 2 heterocycles. The van der Waals surface area contributed by atoms with Gasteiger partial charge in [0.15, 0.2) is 16.6 Å². The van der Waals surface area contributed by atoms with Crippen molar-refractivity contribution in [2.24, 2.45) is 0 Å². The van der Waals surface area contributed by atoms with E-state index in [9.17, 15) is 4.79 Å². The van der Waals surface area contributed by atoms with Gasteiger partial charge < -0.3 is 9.15 Å². The standard InChI is InChI=1S/C11H14O3S/c1-8(12)10-4-5-11(14-10)15-7-9-3-2-6-13-9/h4-5,9H,2-3,6-7H2,1H3. The first-order valence-electron chi connectivity index (χ1n) is 5.11. The molecule has 1 aliphatic rings. The Morgan fingerprint density at radius 1 is 1.60 bits per heavy atom. The summed E-state index contributed by atoms with van der Waals surface area (Å²) >= 11 is 1.61. The minimum absolute atomic E-state index is 0.0287. The van der Waals surface area contributed by atoms with Gasteiger partial charge in [0, 0.05) is 19.3 Å². The van der Waals surface area contributed by atoms with E-state index in [2.05, 4.69) is 0 Å². The number of Topliss-reactive ketones (excluding diaryl/α,β-unsaturated/α-hetero) is 1. The molecule has 0 saturated carbocycles. The number of ether oxygens (including phenoxy) is 1. The van der Waals surface area contributed by atoms with Crippen molar-refractivity contribution in [1.82, 2.24) is 0 Å². The van der Waals surface area contributed by atoms with E-state index in [-0.39, 0.29) is 5.78 Å². The Morgan fingerprint density at radius 2 is 2.47 bits per heavy atom. The molecule has 1 aromatic heterocycles.